The van der Waals surface area contributed by atoms with E-state index in [1.54, 1.807) is 13.0 Å². The maximum absolute atomic E-state index is 9.15. The maximum atomic E-state index is 9.15. The molecule has 0 aromatic rings. The molecule has 1 rings (SSSR count). The first kappa shape index (κ1) is 12.2. The Morgan fingerprint density at radius 1 is 1.67 bits per heavy atom. The Bertz CT molecular complexity index is 255. The van der Waals surface area contributed by atoms with Crippen LogP contribution in [0.4, 0.5) is 0 Å². The summed E-state index contributed by atoms with van der Waals surface area (Å²) in [5.74, 6) is 0.918. The van der Waals surface area contributed by atoms with E-state index in [9.17, 15) is 0 Å². The summed E-state index contributed by atoms with van der Waals surface area (Å²) in [6, 6.07) is 2.17. The highest BCUT2D eigenvalue weighted by molar-refractivity contribution is 5.00. The van der Waals surface area contributed by atoms with Gasteiger partial charge in [0.25, 0.3) is 0 Å². The predicted molar refractivity (Wildman–Crippen MR) is 58.1 cm³/mol. The summed E-state index contributed by atoms with van der Waals surface area (Å²) >= 11 is 0. The third-order valence-corrected chi connectivity index (χ3v) is 2.87. The first-order valence-corrected chi connectivity index (χ1v) is 5.50. The van der Waals surface area contributed by atoms with Crippen LogP contribution < -0.4 is 0 Å². The van der Waals surface area contributed by atoms with Gasteiger partial charge in [-0.15, -0.1) is 0 Å². The number of ether oxygens (including phenoxy) is 1. The second-order valence-electron chi connectivity index (χ2n) is 4.26. The number of hydrogen-bond donors (Lipinski definition) is 1. The van der Waals surface area contributed by atoms with E-state index in [1.165, 1.54) is 0 Å². The Kier molecular flexibility index (Phi) is 4.80. The first-order valence-electron chi connectivity index (χ1n) is 5.50. The van der Waals surface area contributed by atoms with Crippen molar-refractivity contribution in [3.63, 3.8) is 0 Å². The fourth-order valence-corrected chi connectivity index (χ4v) is 1.98. The van der Waals surface area contributed by atoms with E-state index in [0.29, 0.717) is 18.3 Å². The van der Waals surface area contributed by atoms with Crippen molar-refractivity contribution in [1.29, 1.82) is 5.26 Å². The molecule has 3 nitrogen and oxygen atoms in total. The molecule has 0 aromatic heterocycles. The van der Waals surface area contributed by atoms with Gasteiger partial charge < -0.3 is 9.84 Å². The third kappa shape index (κ3) is 3.65. The van der Waals surface area contributed by atoms with Crippen molar-refractivity contribution >= 4 is 0 Å². The van der Waals surface area contributed by atoms with Crippen LogP contribution in [0.15, 0.2) is 12.2 Å². The molecule has 0 spiro atoms. The van der Waals surface area contributed by atoms with Crippen LogP contribution >= 0.6 is 0 Å². The summed E-state index contributed by atoms with van der Waals surface area (Å²) < 4.78 is 5.62. The van der Waals surface area contributed by atoms with Crippen LogP contribution in [0.25, 0.3) is 0 Å². The molecule has 0 amide bonds. The topological polar surface area (TPSA) is 53.2 Å². The summed E-state index contributed by atoms with van der Waals surface area (Å²) in [6.07, 6.45) is 4.78. The molecule has 0 radical (unpaired) electrons. The quantitative estimate of drug-likeness (QED) is 0.719. The minimum absolute atomic E-state index is 0.0722. The van der Waals surface area contributed by atoms with E-state index in [-0.39, 0.29) is 6.10 Å². The SMILES string of the molecule is CC(O)/C=C/C1OCC(C)C1CCC#N. The predicted octanol–water partition coefficient (Wildman–Crippen LogP) is 1.88. The third-order valence-electron chi connectivity index (χ3n) is 2.87. The second-order valence-corrected chi connectivity index (χ2v) is 4.26. The van der Waals surface area contributed by atoms with Gasteiger partial charge in [-0.25, -0.2) is 0 Å². The Morgan fingerprint density at radius 2 is 2.40 bits per heavy atom. The molecule has 4 atom stereocenters. The molecule has 84 valence electrons. The largest absolute Gasteiger partial charge is 0.389 e. The molecule has 15 heavy (non-hydrogen) atoms. The summed E-state index contributed by atoms with van der Waals surface area (Å²) in [6.45, 7) is 4.63. The van der Waals surface area contributed by atoms with E-state index in [4.69, 9.17) is 15.1 Å². The number of rotatable bonds is 4. The molecule has 1 aliphatic rings. The normalized spacial score (nSPS) is 33.1. The van der Waals surface area contributed by atoms with Gasteiger partial charge in [-0.05, 0) is 25.2 Å². The zero-order chi connectivity index (χ0) is 11.3. The van der Waals surface area contributed by atoms with Gasteiger partial charge in [-0.1, -0.05) is 19.1 Å². The van der Waals surface area contributed by atoms with Crippen LogP contribution in [-0.4, -0.2) is 23.9 Å². The number of aliphatic hydroxyl groups excluding tert-OH is 1. The van der Waals surface area contributed by atoms with Gasteiger partial charge in [0.2, 0.25) is 0 Å². The van der Waals surface area contributed by atoms with Gasteiger partial charge in [-0.3, -0.25) is 0 Å². The monoisotopic (exact) mass is 209 g/mol. The maximum Gasteiger partial charge on any atom is 0.0788 e. The summed E-state index contributed by atoms with van der Waals surface area (Å²) in [5.41, 5.74) is 0. The van der Waals surface area contributed by atoms with Crippen LogP contribution in [0.5, 0.6) is 0 Å². The second kappa shape index (κ2) is 5.89. The number of nitrogens with zero attached hydrogens (tertiary/aromatic N) is 1. The lowest BCUT2D eigenvalue weighted by Crippen LogP contribution is -2.17. The van der Waals surface area contributed by atoms with Crippen LogP contribution in [0.3, 0.4) is 0 Å². The van der Waals surface area contributed by atoms with Crippen LogP contribution in [-0.2, 0) is 4.74 Å². The lowest BCUT2D eigenvalue weighted by molar-refractivity contribution is 0.123. The smallest absolute Gasteiger partial charge is 0.0788 e. The van der Waals surface area contributed by atoms with Gasteiger partial charge in [0.05, 0.1) is 24.9 Å². The Labute approximate surface area is 91.4 Å². The van der Waals surface area contributed by atoms with Gasteiger partial charge in [0.15, 0.2) is 0 Å². The van der Waals surface area contributed by atoms with Gasteiger partial charge in [0.1, 0.15) is 0 Å². The summed E-state index contributed by atoms with van der Waals surface area (Å²) in [5, 5.41) is 17.7. The lowest BCUT2D eigenvalue weighted by atomic mass is 9.88. The van der Waals surface area contributed by atoms with E-state index in [2.05, 4.69) is 13.0 Å². The van der Waals surface area contributed by atoms with Gasteiger partial charge in [-0.2, -0.15) is 5.26 Å². The fraction of sp³-hybridized carbons (Fsp3) is 0.750. The van der Waals surface area contributed by atoms with E-state index >= 15 is 0 Å². The summed E-state index contributed by atoms with van der Waals surface area (Å²) in [7, 11) is 0. The van der Waals surface area contributed by atoms with Crippen molar-refractivity contribution in [1.82, 2.24) is 0 Å². The molecule has 4 unspecified atom stereocenters. The molecule has 1 N–H and O–H groups in total. The number of hydrogen-bond acceptors (Lipinski definition) is 3. The first-order chi connectivity index (χ1) is 7.15. The fourth-order valence-electron chi connectivity index (χ4n) is 1.98. The van der Waals surface area contributed by atoms with Crippen LogP contribution in [0.1, 0.15) is 26.7 Å². The minimum atomic E-state index is -0.430. The van der Waals surface area contributed by atoms with E-state index in [0.717, 1.165) is 13.0 Å². The molecule has 0 saturated carbocycles. The molecule has 3 heteroatoms. The summed E-state index contributed by atoms with van der Waals surface area (Å²) in [4.78, 5) is 0. The van der Waals surface area contributed by atoms with Gasteiger partial charge >= 0.3 is 0 Å². The number of aliphatic hydroxyl groups is 1. The van der Waals surface area contributed by atoms with Crippen molar-refractivity contribution in [3.8, 4) is 6.07 Å². The van der Waals surface area contributed by atoms with Crippen molar-refractivity contribution < 1.29 is 9.84 Å². The molecular formula is C12H19NO2. The van der Waals surface area contributed by atoms with Crippen molar-refractivity contribution in [2.24, 2.45) is 11.8 Å². The highest BCUT2D eigenvalue weighted by Crippen LogP contribution is 2.31. The average Bonchev–Trinajstić information content (AvgIpc) is 2.53. The van der Waals surface area contributed by atoms with Crippen molar-refractivity contribution in [3.05, 3.63) is 12.2 Å². The Morgan fingerprint density at radius 3 is 3.00 bits per heavy atom. The number of nitriles is 1. The standard InChI is InChI=1S/C12H19NO2/c1-9-8-15-12(6-5-10(2)14)11(9)4-3-7-13/h5-6,9-12,14H,3-4,8H2,1-2H3/b6-5+. The van der Waals surface area contributed by atoms with Crippen molar-refractivity contribution in [2.75, 3.05) is 6.61 Å². The minimum Gasteiger partial charge on any atom is -0.389 e. The molecule has 1 aliphatic heterocycles. The zero-order valence-electron chi connectivity index (χ0n) is 9.39. The molecule has 1 saturated heterocycles. The van der Waals surface area contributed by atoms with E-state index < -0.39 is 6.10 Å². The highest BCUT2D eigenvalue weighted by Gasteiger charge is 2.32. The molecule has 1 heterocycles. The average molecular weight is 209 g/mol. The zero-order valence-corrected chi connectivity index (χ0v) is 9.39. The molecule has 0 bridgehead atoms. The molecular weight excluding hydrogens is 190 g/mol. The highest BCUT2D eigenvalue weighted by atomic mass is 16.5. The molecule has 1 fully saturated rings. The Balaban J connectivity index is 2.52. The lowest BCUT2D eigenvalue weighted by Gasteiger charge is -2.16. The Hall–Kier alpha value is -0.850. The molecule has 0 aromatic carbocycles. The van der Waals surface area contributed by atoms with Crippen LogP contribution in [0, 0.1) is 23.2 Å². The van der Waals surface area contributed by atoms with Crippen LogP contribution in [0.2, 0.25) is 0 Å². The van der Waals surface area contributed by atoms with Crippen molar-refractivity contribution in [2.45, 2.75) is 38.9 Å². The molecule has 0 aliphatic carbocycles. The van der Waals surface area contributed by atoms with Gasteiger partial charge in [0, 0.05) is 6.42 Å². The van der Waals surface area contributed by atoms with E-state index in [1.807, 2.05) is 6.08 Å².